The Bertz CT molecular complexity index is 649. The van der Waals surface area contributed by atoms with Gasteiger partial charge in [-0.25, -0.2) is 0 Å². The topological polar surface area (TPSA) is 21.3 Å². The summed E-state index contributed by atoms with van der Waals surface area (Å²) in [6.45, 7) is 2.50. The summed E-state index contributed by atoms with van der Waals surface area (Å²) >= 11 is 0. The summed E-state index contributed by atoms with van der Waals surface area (Å²) in [6.07, 6.45) is 4.58. The molecular formula is C20H21NO. The monoisotopic (exact) mass is 291 g/mol. The van der Waals surface area contributed by atoms with E-state index in [2.05, 4.69) is 59.9 Å². The average molecular weight is 291 g/mol. The van der Waals surface area contributed by atoms with Crippen LogP contribution < -0.4 is 5.32 Å². The van der Waals surface area contributed by atoms with E-state index in [4.69, 9.17) is 4.74 Å². The lowest BCUT2D eigenvalue weighted by Gasteiger charge is -2.23. The lowest BCUT2D eigenvalue weighted by atomic mass is 9.92. The predicted octanol–water partition coefficient (Wildman–Crippen LogP) is 3.21. The Morgan fingerprint density at radius 3 is 2.14 bits per heavy atom. The fraction of sp³-hybridized carbons (Fsp3) is 0.300. The van der Waals surface area contributed by atoms with Gasteiger partial charge in [-0.15, -0.1) is 0 Å². The van der Waals surface area contributed by atoms with Crippen LogP contribution in [0, 0.1) is 0 Å². The van der Waals surface area contributed by atoms with E-state index in [0.717, 1.165) is 32.6 Å². The van der Waals surface area contributed by atoms with Gasteiger partial charge in [-0.2, -0.15) is 0 Å². The first-order valence-corrected chi connectivity index (χ1v) is 8.11. The van der Waals surface area contributed by atoms with Crippen LogP contribution in [0.25, 0.3) is 5.57 Å². The second-order valence-corrected chi connectivity index (χ2v) is 6.03. The van der Waals surface area contributed by atoms with Gasteiger partial charge in [-0.3, -0.25) is 0 Å². The highest BCUT2D eigenvalue weighted by molar-refractivity contribution is 5.84. The summed E-state index contributed by atoms with van der Waals surface area (Å²) < 4.78 is 5.62. The van der Waals surface area contributed by atoms with Crippen LogP contribution in [0.1, 0.15) is 22.3 Å². The number of hydrogen-bond donors (Lipinski definition) is 1. The molecule has 2 nitrogen and oxygen atoms in total. The smallest absolute Gasteiger partial charge is 0.0656 e. The van der Waals surface area contributed by atoms with Crippen molar-refractivity contribution in [1.82, 2.24) is 5.32 Å². The fourth-order valence-corrected chi connectivity index (χ4v) is 3.49. The van der Waals surface area contributed by atoms with Crippen LogP contribution in [0.2, 0.25) is 0 Å². The molecule has 4 rings (SSSR count). The number of ether oxygens (including phenoxy) is 1. The van der Waals surface area contributed by atoms with Crippen molar-refractivity contribution in [3.63, 3.8) is 0 Å². The molecule has 0 spiro atoms. The Balaban J connectivity index is 1.85. The number of nitrogens with one attached hydrogen (secondary N) is 1. The molecule has 22 heavy (non-hydrogen) atoms. The van der Waals surface area contributed by atoms with Gasteiger partial charge in [0.05, 0.1) is 13.2 Å². The molecule has 1 fully saturated rings. The van der Waals surface area contributed by atoms with Gasteiger partial charge in [0.2, 0.25) is 0 Å². The molecule has 0 aromatic heterocycles. The average Bonchev–Trinajstić information content (AvgIpc) is 2.74. The SMILES string of the molecule is C(=C1c2ccccc2CCc2ccccc21)C1COCCN1. The van der Waals surface area contributed by atoms with E-state index < -0.39 is 0 Å². The quantitative estimate of drug-likeness (QED) is 0.871. The van der Waals surface area contributed by atoms with E-state index in [-0.39, 0.29) is 0 Å². The maximum Gasteiger partial charge on any atom is 0.0656 e. The number of rotatable bonds is 1. The van der Waals surface area contributed by atoms with Crippen molar-refractivity contribution in [2.45, 2.75) is 18.9 Å². The third-order valence-electron chi connectivity index (χ3n) is 4.60. The molecule has 0 bridgehead atoms. The molecule has 2 heteroatoms. The van der Waals surface area contributed by atoms with E-state index in [9.17, 15) is 0 Å². The van der Waals surface area contributed by atoms with Gasteiger partial charge >= 0.3 is 0 Å². The third kappa shape index (κ3) is 2.60. The Kier molecular flexibility index (Phi) is 3.79. The number of morpholine rings is 1. The zero-order valence-electron chi connectivity index (χ0n) is 12.7. The first kappa shape index (κ1) is 13.7. The van der Waals surface area contributed by atoms with E-state index in [0.29, 0.717) is 6.04 Å². The van der Waals surface area contributed by atoms with Gasteiger partial charge in [-0.05, 0) is 40.7 Å². The Hall–Kier alpha value is -1.90. The lowest BCUT2D eigenvalue weighted by Crippen LogP contribution is -2.40. The second kappa shape index (κ2) is 6.07. The zero-order valence-corrected chi connectivity index (χ0v) is 12.7. The summed E-state index contributed by atoms with van der Waals surface area (Å²) in [7, 11) is 0. The second-order valence-electron chi connectivity index (χ2n) is 6.03. The minimum absolute atomic E-state index is 0.294. The summed E-state index contributed by atoms with van der Waals surface area (Å²) in [5, 5.41) is 3.55. The van der Waals surface area contributed by atoms with Crippen molar-refractivity contribution in [1.29, 1.82) is 0 Å². The van der Waals surface area contributed by atoms with E-state index >= 15 is 0 Å². The lowest BCUT2D eigenvalue weighted by molar-refractivity contribution is 0.0902. The molecule has 0 saturated carbocycles. The Morgan fingerprint density at radius 2 is 1.55 bits per heavy atom. The van der Waals surface area contributed by atoms with Crippen LogP contribution in [-0.2, 0) is 17.6 Å². The maximum atomic E-state index is 5.62. The maximum absolute atomic E-state index is 5.62. The normalized spacial score (nSPS) is 20.7. The van der Waals surface area contributed by atoms with Crippen LogP contribution in [-0.4, -0.2) is 25.8 Å². The minimum Gasteiger partial charge on any atom is -0.378 e. The minimum atomic E-state index is 0.294. The summed E-state index contributed by atoms with van der Waals surface area (Å²) in [6, 6.07) is 17.9. The van der Waals surface area contributed by atoms with E-state index in [1.807, 2.05) is 0 Å². The molecular weight excluding hydrogens is 270 g/mol. The van der Waals surface area contributed by atoms with Gasteiger partial charge < -0.3 is 10.1 Å². The van der Waals surface area contributed by atoms with Gasteiger partial charge in [0, 0.05) is 12.6 Å². The standard InChI is InChI=1S/C20H21NO/c1-3-7-18-15(5-1)9-10-16-6-2-4-8-19(16)20(18)13-17-14-22-12-11-21-17/h1-8,13,17,21H,9-12,14H2. The van der Waals surface area contributed by atoms with E-state index in [1.165, 1.54) is 27.8 Å². The fourth-order valence-electron chi connectivity index (χ4n) is 3.49. The van der Waals surface area contributed by atoms with Gasteiger partial charge in [0.25, 0.3) is 0 Å². The molecule has 1 saturated heterocycles. The number of aryl methyl sites for hydroxylation is 2. The highest BCUT2D eigenvalue weighted by Gasteiger charge is 2.19. The highest BCUT2D eigenvalue weighted by Crippen LogP contribution is 2.33. The molecule has 2 aromatic carbocycles. The first-order chi connectivity index (χ1) is 10.9. The number of benzene rings is 2. The van der Waals surface area contributed by atoms with Crippen LogP contribution in [0.4, 0.5) is 0 Å². The molecule has 0 amide bonds. The van der Waals surface area contributed by atoms with Crippen LogP contribution in [0.15, 0.2) is 54.6 Å². The molecule has 2 aliphatic rings. The number of fused-ring (bicyclic) bond motifs is 2. The zero-order chi connectivity index (χ0) is 14.8. The predicted molar refractivity (Wildman–Crippen MR) is 90.0 cm³/mol. The van der Waals surface area contributed by atoms with Gasteiger partial charge in [-0.1, -0.05) is 54.6 Å². The van der Waals surface area contributed by atoms with Crippen molar-refractivity contribution in [2.75, 3.05) is 19.8 Å². The largest absolute Gasteiger partial charge is 0.378 e. The van der Waals surface area contributed by atoms with Crippen LogP contribution >= 0.6 is 0 Å². The van der Waals surface area contributed by atoms with Gasteiger partial charge in [0.1, 0.15) is 0 Å². The van der Waals surface area contributed by atoms with Crippen LogP contribution in [0.5, 0.6) is 0 Å². The molecule has 0 radical (unpaired) electrons. The number of hydrogen-bond acceptors (Lipinski definition) is 2. The van der Waals surface area contributed by atoms with Gasteiger partial charge in [0.15, 0.2) is 0 Å². The molecule has 1 N–H and O–H groups in total. The molecule has 1 atom stereocenters. The molecule has 1 unspecified atom stereocenters. The molecule has 1 aliphatic heterocycles. The Labute approximate surface area is 131 Å². The van der Waals surface area contributed by atoms with E-state index in [1.54, 1.807) is 0 Å². The van der Waals surface area contributed by atoms with Crippen LogP contribution in [0.3, 0.4) is 0 Å². The highest BCUT2D eigenvalue weighted by atomic mass is 16.5. The molecule has 1 heterocycles. The first-order valence-electron chi connectivity index (χ1n) is 8.11. The molecule has 112 valence electrons. The third-order valence-corrected chi connectivity index (χ3v) is 4.60. The van der Waals surface area contributed by atoms with Crippen molar-refractivity contribution < 1.29 is 4.74 Å². The molecule has 2 aromatic rings. The van der Waals surface area contributed by atoms with Crippen molar-refractivity contribution in [3.8, 4) is 0 Å². The summed E-state index contributed by atoms with van der Waals surface area (Å²) in [5.74, 6) is 0. The Morgan fingerprint density at radius 1 is 0.909 bits per heavy atom. The molecule has 1 aliphatic carbocycles. The summed E-state index contributed by atoms with van der Waals surface area (Å²) in [5.41, 5.74) is 7.00. The van der Waals surface area contributed by atoms with Crippen molar-refractivity contribution in [2.24, 2.45) is 0 Å². The van der Waals surface area contributed by atoms with Crippen molar-refractivity contribution >= 4 is 5.57 Å². The van der Waals surface area contributed by atoms with Crippen molar-refractivity contribution in [3.05, 3.63) is 76.9 Å². The summed E-state index contributed by atoms with van der Waals surface area (Å²) in [4.78, 5) is 0.